The van der Waals surface area contributed by atoms with Crippen molar-refractivity contribution in [3.05, 3.63) is 83.9 Å². The topological polar surface area (TPSA) is 46.2 Å². The fourth-order valence-corrected chi connectivity index (χ4v) is 3.60. The highest BCUT2D eigenvalue weighted by atomic mass is 32.2. The van der Waals surface area contributed by atoms with Gasteiger partial charge in [-0.1, -0.05) is 59.7 Å². The molecule has 3 rings (SSSR count). The van der Waals surface area contributed by atoms with E-state index < -0.39 is 10.0 Å². The molecule has 0 spiro atoms. The summed E-state index contributed by atoms with van der Waals surface area (Å²) in [5, 5.41) is 0. The molecule has 3 aromatic rings. The third-order valence-electron chi connectivity index (χ3n) is 3.84. The Bertz CT molecular complexity index is 947. The fourth-order valence-electron chi connectivity index (χ4n) is 2.52. The molecule has 0 amide bonds. The average Bonchev–Trinajstić information content (AvgIpc) is 2.57. The molecular weight excluding hydrogens is 318 g/mol. The van der Waals surface area contributed by atoms with Gasteiger partial charge >= 0.3 is 0 Å². The highest BCUT2D eigenvalue weighted by Crippen LogP contribution is 2.30. The standard InChI is InChI=1S/C20H19NO2S/c1-15-8-11-18(12-9-15)24(22,23)21-20-13-10-16(2)14-19(20)17-6-4-3-5-7-17/h3-14,21H,1-2H3. The zero-order valence-corrected chi connectivity index (χ0v) is 14.5. The first-order valence-corrected chi connectivity index (χ1v) is 9.19. The minimum atomic E-state index is -3.62. The van der Waals surface area contributed by atoms with Crippen LogP contribution in [0.25, 0.3) is 11.1 Å². The maximum Gasteiger partial charge on any atom is 0.261 e. The summed E-state index contributed by atoms with van der Waals surface area (Å²) in [5.41, 5.74) is 4.52. The van der Waals surface area contributed by atoms with Crippen molar-refractivity contribution in [3.63, 3.8) is 0 Å². The smallest absolute Gasteiger partial charge is 0.261 e. The van der Waals surface area contributed by atoms with Crippen molar-refractivity contribution in [3.8, 4) is 11.1 Å². The van der Waals surface area contributed by atoms with Gasteiger partial charge in [0.2, 0.25) is 0 Å². The Labute approximate surface area is 143 Å². The van der Waals surface area contributed by atoms with Crippen LogP contribution in [0.4, 0.5) is 5.69 Å². The van der Waals surface area contributed by atoms with E-state index >= 15 is 0 Å². The lowest BCUT2D eigenvalue weighted by atomic mass is 10.0. The number of rotatable bonds is 4. The molecule has 0 atom stereocenters. The lowest BCUT2D eigenvalue weighted by Gasteiger charge is -2.14. The molecule has 0 bridgehead atoms. The molecule has 3 aromatic carbocycles. The molecule has 0 unspecified atom stereocenters. The summed E-state index contributed by atoms with van der Waals surface area (Å²) in [6, 6.07) is 22.3. The molecule has 24 heavy (non-hydrogen) atoms. The minimum Gasteiger partial charge on any atom is -0.279 e. The third-order valence-corrected chi connectivity index (χ3v) is 5.22. The molecule has 0 aromatic heterocycles. The van der Waals surface area contributed by atoms with Gasteiger partial charge in [0.1, 0.15) is 0 Å². The number of aryl methyl sites for hydroxylation is 2. The molecule has 0 heterocycles. The SMILES string of the molecule is Cc1ccc(S(=O)(=O)Nc2ccc(C)cc2-c2ccccc2)cc1. The Kier molecular flexibility index (Phi) is 4.40. The first-order valence-electron chi connectivity index (χ1n) is 7.71. The van der Waals surface area contributed by atoms with Gasteiger partial charge in [-0.3, -0.25) is 4.72 Å². The van der Waals surface area contributed by atoms with Gasteiger partial charge in [-0.05, 0) is 43.7 Å². The van der Waals surface area contributed by atoms with E-state index in [0.717, 1.165) is 22.3 Å². The van der Waals surface area contributed by atoms with Gasteiger partial charge in [0.05, 0.1) is 10.6 Å². The lowest BCUT2D eigenvalue weighted by molar-refractivity contribution is 0.601. The van der Waals surface area contributed by atoms with Crippen LogP contribution in [-0.4, -0.2) is 8.42 Å². The van der Waals surface area contributed by atoms with Gasteiger partial charge in [-0.25, -0.2) is 8.42 Å². The third kappa shape index (κ3) is 3.49. The van der Waals surface area contributed by atoms with E-state index in [9.17, 15) is 8.42 Å². The Morgan fingerprint density at radius 1 is 0.750 bits per heavy atom. The van der Waals surface area contributed by atoms with E-state index in [-0.39, 0.29) is 4.90 Å². The molecule has 0 saturated heterocycles. The second kappa shape index (κ2) is 6.49. The van der Waals surface area contributed by atoms with Crippen molar-refractivity contribution in [2.75, 3.05) is 4.72 Å². The van der Waals surface area contributed by atoms with Gasteiger partial charge in [-0.2, -0.15) is 0 Å². The monoisotopic (exact) mass is 337 g/mol. The number of nitrogens with one attached hydrogen (secondary N) is 1. The summed E-state index contributed by atoms with van der Waals surface area (Å²) in [6.45, 7) is 3.92. The van der Waals surface area contributed by atoms with E-state index in [1.165, 1.54) is 0 Å². The summed E-state index contributed by atoms with van der Waals surface area (Å²) in [7, 11) is -3.62. The second-order valence-electron chi connectivity index (χ2n) is 5.83. The Morgan fingerprint density at radius 2 is 1.38 bits per heavy atom. The number of benzene rings is 3. The predicted octanol–water partition coefficient (Wildman–Crippen LogP) is 4.77. The Balaban J connectivity index is 2.03. The van der Waals surface area contributed by atoms with Crippen molar-refractivity contribution in [2.24, 2.45) is 0 Å². The van der Waals surface area contributed by atoms with Crippen molar-refractivity contribution >= 4 is 15.7 Å². The van der Waals surface area contributed by atoms with Crippen molar-refractivity contribution in [1.29, 1.82) is 0 Å². The summed E-state index contributed by atoms with van der Waals surface area (Å²) < 4.78 is 28.1. The van der Waals surface area contributed by atoms with Crippen LogP contribution >= 0.6 is 0 Å². The zero-order chi connectivity index (χ0) is 17.2. The maximum absolute atomic E-state index is 12.7. The average molecular weight is 337 g/mol. The van der Waals surface area contributed by atoms with Crippen molar-refractivity contribution in [1.82, 2.24) is 0 Å². The number of hydrogen-bond acceptors (Lipinski definition) is 2. The zero-order valence-electron chi connectivity index (χ0n) is 13.7. The van der Waals surface area contributed by atoms with E-state index in [4.69, 9.17) is 0 Å². The summed E-state index contributed by atoms with van der Waals surface area (Å²) in [4.78, 5) is 0.257. The highest BCUT2D eigenvalue weighted by molar-refractivity contribution is 7.92. The molecule has 122 valence electrons. The van der Waals surface area contributed by atoms with E-state index in [0.29, 0.717) is 5.69 Å². The van der Waals surface area contributed by atoms with Crippen molar-refractivity contribution < 1.29 is 8.42 Å². The Morgan fingerprint density at radius 3 is 2.04 bits per heavy atom. The van der Waals surface area contributed by atoms with Crippen LogP contribution in [0.15, 0.2) is 77.7 Å². The largest absolute Gasteiger partial charge is 0.279 e. The first-order chi connectivity index (χ1) is 11.5. The predicted molar refractivity (Wildman–Crippen MR) is 98.6 cm³/mol. The lowest BCUT2D eigenvalue weighted by Crippen LogP contribution is -2.13. The van der Waals surface area contributed by atoms with Gasteiger partial charge in [0.25, 0.3) is 10.0 Å². The molecule has 4 heteroatoms. The van der Waals surface area contributed by atoms with Crippen molar-refractivity contribution in [2.45, 2.75) is 18.7 Å². The number of anilines is 1. The molecule has 1 N–H and O–H groups in total. The number of sulfonamides is 1. The molecule has 0 fully saturated rings. The minimum absolute atomic E-state index is 0.257. The van der Waals surface area contributed by atoms with E-state index in [1.54, 1.807) is 24.3 Å². The van der Waals surface area contributed by atoms with E-state index in [2.05, 4.69) is 4.72 Å². The molecular formula is C20H19NO2S. The number of hydrogen-bond donors (Lipinski definition) is 1. The van der Waals surface area contributed by atoms with Gasteiger partial charge in [-0.15, -0.1) is 0 Å². The van der Waals surface area contributed by atoms with Crippen LogP contribution in [0, 0.1) is 13.8 Å². The van der Waals surface area contributed by atoms with Gasteiger partial charge < -0.3 is 0 Å². The second-order valence-corrected chi connectivity index (χ2v) is 7.52. The summed E-state index contributed by atoms with van der Waals surface area (Å²) in [5.74, 6) is 0. The van der Waals surface area contributed by atoms with E-state index in [1.807, 2.05) is 62.4 Å². The van der Waals surface area contributed by atoms with Gasteiger partial charge in [0, 0.05) is 5.56 Å². The Hall–Kier alpha value is -2.59. The summed E-state index contributed by atoms with van der Waals surface area (Å²) in [6.07, 6.45) is 0. The summed E-state index contributed by atoms with van der Waals surface area (Å²) >= 11 is 0. The van der Waals surface area contributed by atoms with Crippen LogP contribution in [0.5, 0.6) is 0 Å². The highest BCUT2D eigenvalue weighted by Gasteiger charge is 2.16. The van der Waals surface area contributed by atoms with Gasteiger partial charge in [0.15, 0.2) is 0 Å². The maximum atomic E-state index is 12.7. The van der Waals surface area contributed by atoms with Crippen LogP contribution in [0.2, 0.25) is 0 Å². The van der Waals surface area contributed by atoms with Crippen LogP contribution in [0.3, 0.4) is 0 Å². The fraction of sp³-hybridized carbons (Fsp3) is 0.100. The quantitative estimate of drug-likeness (QED) is 0.745. The normalized spacial score (nSPS) is 11.2. The van der Waals surface area contributed by atoms with Crippen LogP contribution in [0.1, 0.15) is 11.1 Å². The molecule has 3 nitrogen and oxygen atoms in total. The van der Waals surface area contributed by atoms with Crippen LogP contribution < -0.4 is 4.72 Å². The molecule has 0 aliphatic rings. The van der Waals surface area contributed by atoms with Crippen LogP contribution in [-0.2, 0) is 10.0 Å². The molecule has 0 radical (unpaired) electrons. The molecule has 0 aliphatic heterocycles. The molecule has 0 aliphatic carbocycles. The first kappa shape index (κ1) is 16.3. The molecule has 0 saturated carbocycles.